The van der Waals surface area contributed by atoms with Crippen molar-refractivity contribution in [3.05, 3.63) is 24.0 Å². The summed E-state index contributed by atoms with van der Waals surface area (Å²) in [4.78, 5) is -0.0776. The summed E-state index contributed by atoms with van der Waals surface area (Å²) < 4.78 is 40.1. The van der Waals surface area contributed by atoms with Gasteiger partial charge in [-0.05, 0) is 42.9 Å². The molecule has 4 nitrogen and oxygen atoms in total. The summed E-state index contributed by atoms with van der Waals surface area (Å²) in [6, 6.07) is 3.55. The van der Waals surface area contributed by atoms with Crippen molar-refractivity contribution in [2.75, 3.05) is 12.3 Å². The van der Waals surface area contributed by atoms with Gasteiger partial charge in [0.2, 0.25) is 10.0 Å². The molecule has 1 aliphatic carbocycles. The highest BCUT2D eigenvalue weighted by atomic mass is 32.2. The Balaban J connectivity index is 1.90. The molecule has 0 aliphatic heterocycles. The predicted molar refractivity (Wildman–Crippen MR) is 81.7 cm³/mol. The summed E-state index contributed by atoms with van der Waals surface area (Å²) in [5, 5.41) is 0. The molecule has 0 amide bonds. The van der Waals surface area contributed by atoms with Crippen molar-refractivity contribution in [2.45, 2.75) is 43.9 Å². The molecule has 1 aliphatic rings. The van der Waals surface area contributed by atoms with E-state index >= 15 is 0 Å². The lowest BCUT2D eigenvalue weighted by atomic mass is 9.81. The van der Waals surface area contributed by atoms with Gasteiger partial charge in [0.15, 0.2) is 0 Å². The van der Waals surface area contributed by atoms with Gasteiger partial charge in [0, 0.05) is 6.54 Å². The second kappa shape index (κ2) is 6.75. The van der Waals surface area contributed by atoms with Crippen LogP contribution in [0.15, 0.2) is 23.1 Å². The Morgan fingerprint density at radius 2 is 2.14 bits per heavy atom. The molecular weight excluding hydrogens is 291 g/mol. The zero-order chi connectivity index (χ0) is 15.5. The number of nitrogen functional groups attached to an aromatic ring is 1. The summed E-state index contributed by atoms with van der Waals surface area (Å²) >= 11 is 0. The quantitative estimate of drug-likeness (QED) is 0.821. The number of anilines is 1. The maximum Gasteiger partial charge on any atom is 0.240 e. The van der Waals surface area contributed by atoms with Crippen LogP contribution in [0.2, 0.25) is 0 Å². The van der Waals surface area contributed by atoms with Crippen molar-refractivity contribution in [1.82, 2.24) is 4.72 Å². The Labute approximate surface area is 126 Å². The van der Waals surface area contributed by atoms with Crippen molar-refractivity contribution in [1.29, 1.82) is 0 Å². The molecule has 2 unspecified atom stereocenters. The Kier molecular flexibility index (Phi) is 5.22. The molecule has 21 heavy (non-hydrogen) atoms. The second-order valence-electron chi connectivity index (χ2n) is 6.01. The first-order chi connectivity index (χ1) is 9.88. The zero-order valence-electron chi connectivity index (χ0n) is 12.3. The van der Waals surface area contributed by atoms with E-state index in [9.17, 15) is 12.8 Å². The standard InChI is InChI=1S/C15H23FN2O2S/c1-11-3-2-4-12(9-11)7-8-18-21(19,20)13-5-6-15(17)14(16)10-13/h5-6,10-12,18H,2-4,7-9,17H2,1H3. The molecule has 6 heteroatoms. The molecule has 1 aromatic rings. The monoisotopic (exact) mass is 314 g/mol. The molecule has 2 atom stereocenters. The van der Waals surface area contributed by atoms with Gasteiger partial charge >= 0.3 is 0 Å². The molecule has 1 saturated carbocycles. The van der Waals surface area contributed by atoms with E-state index in [4.69, 9.17) is 5.73 Å². The minimum Gasteiger partial charge on any atom is -0.396 e. The van der Waals surface area contributed by atoms with Crippen molar-refractivity contribution in [3.8, 4) is 0 Å². The third-order valence-electron chi connectivity index (χ3n) is 4.17. The molecule has 0 spiro atoms. The fourth-order valence-electron chi connectivity index (χ4n) is 2.98. The van der Waals surface area contributed by atoms with Crippen molar-refractivity contribution < 1.29 is 12.8 Å². The third-order valence-corrected chi connectivity index (χ3v) is 5.63. The maximum absolute atomic E-state index is 13.3. The average molecular weight is 314 g/mol. The Bertz CT molecular complexity index is 589. The minimum atomic E-state index is -3.66. The summed E-state index contributed by atoms with van der Waals surface area (Å²) in [5.41, 5.74) is 5.30. The number of halogens is 1. The zero-order valence-corrected chi connectivity index (χ0v) is 13.1. The molecular formula is C15H23FN2O2S. The summed E-state index contributed by atoms with van der Waals surface area (Å²) in [5.74, 6) is 0.602. The first-order valence-electron chi connectivity index (χ1n) is 7.43. The number of rotatable bonds is 5. The van der Waals surface area contributed by atoms with E-state index in [-0.39, 0.29) is 10.6 Å². The van der Waals surface area contributed by atoms with E-state index in [1.54, 1.807) is 0 Å². The molecule has 2 rings (SSSR count). The van der Waals surface area contributed by atoms with Gasteiger partial charge in [-0.1, -0.05) is 26.2 Å². The molecule has 0 saturated heterocycles. The van der Waals surface area contributed by atoms with Crippen molar-refractivity contribution in [3.63, 3.8) is 0 Å². The van der Waals surface area contributed by atoms with Crippen LogP contribution in [-0.4, -0.2) is 15.0 Å². The van der Waals surface area contributed by atoms with Crippen molar-refractivity contribution in [2.24, 2.45) is 11.8 Å². The van der Waals surface area contributed by atoms with Crippen LogP contribution in [-0.2, 0) is 10.0 Å². The van der Waals surface area contributed by atoms with Gasteiger partial charge in [-0.2, -0.15) is 0 Å². The number of hydrogen-bond donors (Lipinski definition) is 2. The van der Waals surface area contributed by atoms with Gasteiger partial charge in [-0.15, -0.1) is 0 Å². The number of sulfonamides is 1. The highest BCUT2D eigenvalue weighted by Crippen LogP contribution is 2.30. The molecule has 0 heterocycles. The SMILES string of the molecule is CC1CCCC(CCNS(=O)(=O)c2ccc(N)c(F)c2)C1. The van der Waals surface area contributed by atoms with Gasteiger partial charge in [-0.25, -0.2) is 17.5 Å². The molecule has 1 fully saturated rings. The van der Waals surface area contributed by atoms with Crippen LogP contribution >= 0.6 is 0 Å². The molecule has 1 aromatic carbocycles. The lowest BCUT2D eigenvalue weighted by molar-refractivity contribution is 0.271. The predicted octanol–water partition coefficient (Wildman–Crippen LogP) is 2.90. The second-order valence-corrected chi connectivity index (χ2v) is 7.77. The lowest BCUT2D eigenvalue weighted by Crippen LogP contribution is -2.27. The van der Waals surface area contributed by atoms with E-state index in [0.29, 0.717) is 12.5 Å². The largest absolute Gasteiger partial charge is 0.396 e. The maximum atomic E-state index is 13.3. The van der Waals surface area contributed by atoms with Gasteiger partial charge in [0.05, 0.1) is 10.6 Å². The fourth-order valence-corrected chi connectivity index (χ4v) is 4.04. The number of nitrogens with two attached hydrogens (primary N) is 1. The van der Waals surface area contributed by atoms with Crippen LogP contribution in [0.3, 0.4) is 0 Å². The van der Waals surface area contributed by atoms with Crippen LogP contribution < -0.4 is 10.5 Å². The van der Waals surface area contributed by atoms with E-state index in [1.807, 2.05) is 0 Å². The Hall–Kier alpha value is -1.14. The highest BCUT2D eigenvalue weighted by Gasteiger charge is 2.20. The van der Waals surface area contributed by atoms with Crippen LogP contribution in [0.5, 0.6) is 0 Å². The smallest absolute Gasteiger partial charge is 0.240 e. The topological polar surface area (TPSA) is 72.2 Å². The highest BCUT2D eigenvalue weighted by molar-refractivity contribution is 7.89. The van der Waals surface area contributed by atoms with Crippen molar-refractivity contribution >= 4 is 15.7 Å². The van der Waals surface area contributed by atoms with Gasteiger partial charge < -0.3 is 5.73 Å². The third kappa shape index (κ3) is 4.41. The fraction of sp³-hybridized carbons (Fsp3) is 0.600. The van der Waals surface area contributed by atoms with E-state index < -0.39 is 15.8 Å². The van der Waals surface area contributed by atoms with Crippen LogP contribution in [0.25, 0.3) is 0 Å². The average Bonchev–Trinajstić information content (AvgIpc) is 2.41. The van der Waals surface area contributed by atoms with Gasteiger partial charge in [-0.3, -0.25) is 0 Å². The number of hydrogen-bond acceptors (Lipinski definition) is 3. The number of benzene rings is 1. The minimum absolute atomic E-state index is 0.0508. The lowest BCUT2D eigenvalue weighted by Gasteiger charge is -2.26. The molecule has 3 N–H and O–H groups in total. The van der Waals surface area contributed by atoms with E-state index in [1.165, 1.54) is 31.4 Å². The normalized spacial score (nSPS) is 23.1. The van der Waals surface area contributed by atoms with Gasteiger partial charge in [0.25, 0.3) is 0 Å². The summed E-state index contributed by atoms with van der Waals surface area (Å²) in [7, 11) is -3.66. The van der Waals surface area contributed by atoms with E-state index in [0.717, 1.165) is 24.8 Å². The Morgan fingerprint density at radius 3 is 2.81 bits per heavy atom. The number of nitrogens with one attached hydrogen (secondary N) is 1. The Morgan fingerprint density at radius 1 is 1.38 bits per heavy atom. The molecule has 118 valence electrons. The van der Waals surface area contributed by atoms with Crippen LogP contribution in [0.4, 0.5) is 10.1 Å². The molecule has 0 aromatic heterocycles. The van der Waals surface area contributed by atoms with Gasteiger partial charge in [0.1, 0.15) is 5.82 Å². The summed E-state index contributed by atoms with van der Waals surface area (Å²) in [6.07, 6.45) is 5.66. The van der Waals surface area contributed by atoms with Crippen LogP contribution in [0, 0.1) is 17.7 Å². The first-order valence-corrected chi connectivity index (χ1v) is 8.91. The molecule has 0 bridgehead atoms. The van der Waals surface area contributed by atoms with Crippen LogP contribution in [0.1, 0.15) is 39.0 Å². The van der Waals surface area contributed by atoms with E-state index in [2.05, 4.69) is 11.6 Å². The summed E-state index contributed by atoms with van der Waals surface area (Å²) in [6.45, 7) is 2.64. The molecule has 0 radical (unpaired) electrons. The first kappa shape index (κ1) is 16.2.